The number of hydrogen-bond donors (Lipinski definition) is 0. The first-order chi connectivity index (χ1) is 7.29. The molecule has 1 aromatic carbocycles. The second kappa shape index (κ2) is 4.26. The fourth-order valence-electron chi connectivity index (χ4n) is 1.64. The van der Waals surface area contributed by atoms with E-state index in [1.807, 2.05) is 24.3 Å². The number of ketones is 1. The van der Waals surface area contributed by atoms with Gasteiger partial charge in [-0.2, -0.15) is 0 Å². The Morgan fingerprint density at radius 2 is 2.20 bits per heavy atom. The Kier molecular flexibility index (Phi) is 2.81. The third kappa shape index (κ3) is 2.24. The van der Waals surface area contributed by atoms with Crippen LogP contribution in [0.5, 0.6) is 5.75 Å². The summed E-state index contributed by atoms with van der Waals surface area (Å²) in [6, 6.07) is 7.79. The van der Waals surface area contributed by atoms with E-state index in [0.29, 0.717) is 13.0 Å². The highest BCUT2D eigenvalue weighted by molar-refractivity contribution is 6.05. The number of ether oxygens (including phenoxy) is 1. The molecule has 0 radical (unpaired) electrons. The van der Waals surface area contributed by atoms with Gasteiger partial charge in [-0.3, -0.25) is 9.79 Å². The normalized spacial score (nSPS) is 16.1. The minimum absolute atomic E-state index is 0.224. The lowest BCUT2D eigenvalue weighted by Crippen LogP contribution is -2.15. The molecule has 1 heterocycles. The number of carbonyl (C=O) groups excluding carboxylic acids is 1. The van der Waals surface area contributed by atoms with E-state index < -0.39 is 0 Å². The Morgan fingerprint density at radius 3 is 2.87 bits per heavy atom. The van der Waals surface area contributed by atoms with Crippen molar-refractivity contribution in [2.45, 2.75) is 12.8 Å². The van der Waals surface area contributed by atoms with E-state index in [9.17, 15) is 4.79 Å². The molecule has 3 nitrogen and oxygen atoms in total. The van der Waals surface area contributed by atoms with Crippen LogP contribution in [0.15, 0.2) is 29.3 Å². The summed E-state index contributed by atoms with van der Waals surface area (Å²) >= 11 is 0. The third-order valence-electron chi connectivity index (χ3n) is 2.49. The lowest BCUT2D eigenvalue weighted by Gasteiger charge is -2.11. The Balaban J connectivity index is 2.25. The summed E-state index contributed by atoms with van der Waals surface area (Å²) in [7, 11) is 1.64. The van der Waals surface area contributed by atoms with Crippen molar-refractivity contribution >= 4 is 11.5 Å². The molecular formula is C12H13NO2. The highest BCUT2D eigenvalue weighted by Gasteiger charge is 2.13. The first kappa shape index (κ1) is 9.90. The molecular weight excluding hydrogens is 190 g/mol. The quantitative estimate of drug-likeness (QED) is 0.735. The van der Waals surface area contributed by atoms with Gasteiger partial charge in [0.25, 0.3) is 0 Å². The molecule has 0 unspecified atom stereocenters. The maximum Gasteiger partial charge on any atom is 0.154 e. The van der Waals surface area contributed by atoms with Crippen molar-refractivity contribution in [3.8, 4) is 5.75 Å². The topological polar surface area (TPSA) is 38.7 Å². The van der Waals surface area contributed by atoms with Gasteiger partial charge in [-0.15, -0.1) is 0 Å². The maximum absolute atomic E-state index is 11.0. The minimum Gasteiger partial charge on any atom is -0.497 e. The second-order valence-corrected chi connectivity index (χ2v) is 3.53. The van der Waals surface area contributed by atoms with Crippen LogP contribution in [0.3, 0.4) is 0 Å². The van der Waals surface area contributed by atoms with Crippen LogP contribution in [0, 0.1) is 0 Å². The van der Waals surface area contributed by atoms with Gasteiger partial charge in [-0.25, -0.2) is 0 Å². The monoisotopic (exact) mass is 203 g/mol. The van der Waals surface area contributed by atoms with Crippen LogP contribution in [0.2, 0.25) is 0 Å². The van der Waals surface area contributed by atoms with Crippen molar-refractivity contribution in [3.63, 3.8) is 0 Å². The van der Waals surface area contributed by atoms with Crippen LogP contribution in [0.4, 0.5) is 0 Å². The first-order valence-corrected chi connectivity index (χ1v) is 4.99. The molecule has 0 spiro atoms. The van der Waals surface area contributed by atoms with E-state index >= 15 is 0 Å². The van der Waals surface area contributed by atoms with Gasteiger partial charge in [0, 0.05) is 12.1 Å². The van der Waals surface area contributed by atoms with Crippen molar-refractivity contribution in [1.82, 2.24) is 0 Å². The lowest BCUT2D eigenvalue weighted by molar-refractivity contribution is -0.117. The van der Waals surface area contributed by atoms with Crippen LogP contribution in [0.25, 0.3) is 0 Å². The standard InChI is InChI=1S/C12H13NO2/c1-15-11-4-2-3-9(7-11)12-6-5-10(14)8-13-12/h2-4,7H,5-6,8H2,1H3. The summed E-state index contributed by atoms with van der Waals surface area (Å²) in [6.45, 7) is 0.326. The number of hydrogen-bond acceptors (Lipinski definition) is 3. The van der Waals surface area contributed by atoms with Crippen molar-refractivity contribution in [2.24, 2.45) is 4.99 Å². The number of methoxy groups -OCH3 is 1. The van der Waals surface area contributed by atoms with Gasteiger partial charge in [-0.1, -0.05) is 12.1 Å². The maximum atomic E-state index is 11.0. The average Bonchev–Trinajstić information content (AvgIpc) is 2.30. The number of aliphatic imine (C=N–C) groups is 1. The van der Waals surface area contributed by atoms with Gasteiger partial charge >= 0.3 is 0 Å². The van der Waals surface area contributed by atoms with Crippen molar-refractivity contribution in [1.29, 1.82) is 0 Å². The Hall–Kier alpha value is -1.64. The zero-order chi connectivity index (χ0) is 10.7. The van der Waals surface area contributed by atoms with Crippen molar-refractivity contribution in [2.75, 3.05) is 13.7 Å². The molecule has 78 valence electrons. The lowest BCUT2D eigenvalue weighted by atomic mass is 10.0. The summed E-state index contributed by atoms with van der Waals surface area (Å²) in [5.41, 5.74) is 2.07. The van der Waals surface area contributed by atoms with Gasteiger partial charge in [0.1, 0.15) is 5.75 Å². The fraction of sp³-hybridized carbons (Fsp3) is 0.333. The van der Waals surface area contributed by atoms with Crippen LogP contribution in [0.1, 0.15) is 18.4 Å². The molecule has 0 fully saturated rings. The summed E-state index contributed by atoms with van der Waals surface area (Å²) in [6.07, 6.45) is 1.35. The zero-order valence-corrected chi connectivity index (χ0v) is 8.69. The van der Waals surface area contributed by atoms with Gasteiger partial charge in [0.2, 0.25) is 0 Å². The molecule has 1 aliphatic rings. The zero-order valence-electron chi connectivity index (χ0n) is 8.69. The number of rotatable bonds is 2. The second-order valence-electron chi connectivity index (χ2n) is 3.53. The fourth-order valence-corrected chi connectivity index (χ4v) is 1.64. The highest BCUT2D eigenvalue weighted by Crippen LogP contribution is 2.17. The van der Waals surface area contributed by atoms with Crippen LogP contribution < -0.4 is 4.74 Å². The molecule has 2 rings (SSSR count). The molecule has 0 aliphatic carbocycles. The van der Waals surface area contributed by atoms with E-state index in [1.165, 1.54) is 0 Å². The van der Waals surface area contributed by atoms with Gasteiger partial charge in [-0.05, 0) is 24.1 Å². The molecule has 0 bridgehead atoms. The van der Waals surface area contributed by atoms with Gasteiger partial charge in [0.05, 0.1) is 13.7 Å². The third-order valence-corrected chi connectivity index (χ3v) is 2.49. The number of carbonyl (C=O) groups is 1. The highest BCUT2D eigenvalue weighted by atomic mass is 16.5. The molecule has 0 saturated heterocycles. The molecule has 0 aromatic heterocycles. The van der Waals surface area contributed by atoms with Crippen LogP contribution in [-0.4, -0.2) is 25.1 Å². The van der Waals surface area contributed by atoms with Gasteiger partial charge < -0.3 is 4.74 Å². The van der Waals surface area contributed by atoms with Crippen LogP contribution in [-0.2, 0) is 4.79 Å². The Labute approximate surface area is 88.8 Å². The van der Waals surface area contributed by atoms with Gasteiger partial charge in [0.15, 0.2) is 5.78 Å². The van der Waals surface area contributed by atoms with E-state index in [0.717, 1.165) is 23.4 Å². The average molecular weight is 203 g/mol. The Morgan fingerprint density at radius 1 is 1.33 bits per heavy atom. The summed E-state index contributed by atoms with van der Waals surface area (Å²) in [4.78, 5) is 15.3. The number of nitrogens with zero attached hydrogens (tertiary/aromatic N) is 1. The summed E-state index contributed by atoms with van der Waals surface area (Å²) in [5, 5.41) is 0. The predicted octanol–water partition coefficient (Wildman–Crippen LogP) is 1.85. The molecule has 0 amide bonds. The number of Topliss-reactive ketones (excluding diaryl/α,β-unsaturated/α-hetero) is 1. The summed E-state index contributed by atoms with van der Waals surface area (Å²) < 4.78 is 5.14. The van der Waals surface area contributed by atoms with Crippen molar-refractivity contribution in [3.05, 3.63) is 29.8 Å². The van der Waals surface area contributed by atoms with Crippen LogP contribution >= 0.6 is 0 Å². The molecule has 1 aromatic rings. The first-order valence-electron chi connectivity index (χ1n) is 4.99. The van der Waals surface area contributed by atoms with Crippen molar-refractivity contribution < 1.29 is 9.53 Å². The SMILES string of the molecule is COc1cccc(C2=NCC(=O)CC2)c1. The molecule has 0 saturated carbocycles. The summed E-state index contributed by atoms with van der Waals surface area (Å²) in [5.74, 6) is 1.05. The molecule has 0 N–H and O–H groups in total. The molecule has 15 heavy (non-hydrogen) atoms. The Bertz CT molecular complexity index is 410. The smallest absolute Gasteiger partial charge is 0.154 e. The molecule has 3 heteroatoms. The van der Waals surface area contributed by atoms with E-state index in [-0.39, 0.29) is 5.78 Å². The van der Waals surface area contributed by atoms with E-state index in [1.54, 1.807) is 7.11 Å². The predicted molar refractivity (Wildman–Crippen MR) is 58.6 cm³/mol. The minimum atomic E-state index is 0.224. The number of benzene rings is 1. The van der Waals surface area contributed by atoms with E-state index in [2.05, 4.69) is 4.99 Å². The molecule has 1 aliphatic heterocycles. The van der Waals surface area contributed by atoms with E-state index in [4.69, 9.17) is 4.74 Å². The largest absolute Gasteiger partial charge is 0.497 e. The molecule has 0 atom stereocenters.